The quantitative estimate of drug-likeness (QED) is 0.611. The van der Waals surface area contributed by atoms with Crippen molar-refractivity contribution in [3.63, 3.8) is 0 Å². The number of aromatic nitrogens is 2. The summed E-state index contributed by atoms with van der Waals surface area (Å²) in [6, 6.07) is 4.99. The summed E-state index contributed by atoms with van der Waals surface area (Å²) in [6.45, 7) is -1.96. The van der Waals surface area contributed by atoms with Gasteiger partial charge in [-0.15, -0.1) is 23.7 Å². The summed E-state index contributed by atoms with van der Waals surface area (Å²) >= 11 is 5.50. The van der Waals surface area contributed by atoms with Crippen LogP contribution in [0.5, 0.6) is 0 Å². The van der Waals surface area contributed by atoms with E-state index in [0.29, 0.717) is 4.57 Å². The zero-order chi connectivity index (χ0) is 15.0. The minimum Gasteiger partial charge on any atom is -0.281 e. The van der Waals surface area contributed by atoms with Gasteiger partial charge in [-0.05, 0) is 12.6 Å². The minimum atomic E-state index is -3.14. The maximum atomic E-state index is 13.7. The van der Waals surface area contributed by atoms with Crippen molar-refractivity contribution in [3.8, 4) is 5.69 Å². The number of alkyl halides is 2. The average molecular weight is 487 g/mol. The van der Waals surface area contributed by atoms with Crippen LogP contribution in [0.15, 0.2) is 27.8 Å². The smallest absolute Gasteiger partial charge is 0.281 e. The summed E-state index contributed by atoms with van der Waals surface area (Å²) in [7, 11) is 0. The van der Waals surface area contributed by atoms with E-state index in [1.165, 1.54) is 6.92 Å². The van der Waals surface area contributed by atoms with Crippen LogP contribution >= 0.6 is 11.6 Å². The molecule has 0 saturated carbocycles. The van der Waals surface area contributed by atoms with Gasteiger partial charge in [0.2, 0.25) is 5.56 Å². The molecule has 0 spiro atoms. The molecule has 4 nitrogen and oxygen atoms in total. The first-order chi connectivity index (χ1) is 9.32. The molecule has 0 amide bonds. The Balaban J connectivity index is 0.00000220. The van der Waals surface area contributed by atoms with E-state index < -0.39 is 29.3 Å². The van der Waals surface area contributed by atoms with Crippen LogP contribution in [-0.4, -0.2) is 9.13 Å². The van der Waals surface area contributed by atoms with Crippen molar-refractivity contribution in [2.75, 3.05) is 0 Å². The summed E-state index contributed by atoms with van der Waals surface area (Å²) in [5.41, 5.74) is -2.96. The topological polar surface area (TPSA) is 44.0 Å². The number of rotatable bonds is 2. The fraction of sp³-hybridized carbons (Fsp3) is 0.167. The van der Waals surface area contributed by atoms with Crippen LogP contribution in [0.2, 0.25) is 5.02 Å². The second-order valence-corrected chi connectivity index (χ2v) is 4.31. The molecule has 21 heavy (non-hydrogen) atoms. The van der Waals surface area contributed by atoms with Gasteiger partial charge in [0.25, 0.3) is 0 Å². The molecule has 0 N–H and O–H groups in total. The Kier molecular flexibility index (Phi) is 5.59. The zero-order valence-corrected chi connectivity index (χ0v) is 14.1. The first kappa shape index (κ1) is 17.7. The summed E-state index contributed by atoms with van der Waals surface area (Å²) < 4.78 is 39.7. The third-order valence-corrected chi connectivity index (χ3v) is 2.83. The van der Waals surface area contributed by atoms with Crippen molar-refractivity contribution in [1.82, 2.24) is 9.13 Å². The van der Waals surface area contributed by atoms with Gasteiger partial charge < -0.3 is 0 Å². The molecular formula is C12H7ClF3N2O2W+. The van der Waals surface area contributed by atoms with Crippen molar-refractivity contribution in [2.45, 2.75) is 13.5 Å². The van der Waals surface area contributed by atoms with Crippen LogP contribution in [0.3, 0.4) is 0 Å². The molecule has 0 aliphatic heterocycles. The van der Waals surface area contributed by atoms with Crippen LogP contribution < -0.4 is 11.2 Å². The Bertz CT molecular complexity index is 789. The van der Waals surface area contributed by atoms with Gasteiger partial charge in [0.1, 0.15) is 0 Å². The molecule has 0 radical (unpaired) electrons. The van der Waals surface area contributed by atoms with E-state index in [4.69, 9.17) is 11.6 Å². The van der Waals surface area contributed by atoms with Gasteiger partial charge in [-0.2, -0.15) is 14.8 Å². The van der Waals surface area contributed by atoms with Crippen molar-refractivity contribution in [2.24, 2.45) is 0 Å². The Morgan fingerprint density at radius 1 is 1.29 bits per heavy atom. The van der Waals surface area contributed by atoms with E-state index >= 15 is 0 Å². The molecule has 0 atom stereocenters. The number of aryl methyl sites for hydroxylation is 1. The molecule has 1 aromatic carbocycles. The molecule has 1 aromatic heterocycles. The van der Waals surface area contributed by atoms with Gasteiger partial charge >= 0.3 is 33.3 Å². The molecule has 2 aromatic rings. The molecule has 110 valence electrons. The number of nitrogens with zero attached hydrogens (tertiary/aromatic N) is 2. The van der Waals surface area contributed by atoms with Gasteiger partial charge in [0, 0.05) is 17.6 Å². The second kappa shape index (κ2) is 6.62. The van der Waals surface area contributed by atoms with E-state index in [1.54, 1.807) is 0 Å². The third kappa shape index (κ3) is 3.30. The molecule has 0 aliphatic carbocycles. The monoisotopic (exact) mass is 487 g/mol. The molecule has 2 rings (SSSR count). The minimum absolute atomic E-state index is 0. The first-order valence-electron chi connectivity index (χ1n) is 5.33. The van der Waals surface area contributed by atoms with Crippen molar-refractivity contribution >= 4 is 11.6 Å². The predicted molar refractivity (Wildman–Crippen MR) is 66.1 cm³/mol. The predicted octanol–water partition coefficient (Wildman–Crippen LogP) is 2.29. The van der Waals surface area contributed by atoms with Gasteiger partial charge in [-0.25, -0.2) is 13.8 Å². The first-order valence-corrected chi connectivity index (χ1v) is 5.71. The number of halogens is 4. The van der Waals surface area contributed by atoms with E-state index in [-0.39, 0.29) is 36.3 Å². The maximum Gasteiger partial charge on any atom is 2.00 e. The average Bonchev–Trinajstić information content (AvgIpc) is 2.30. The zero-order valence-electron chi connectivity index (χ0n) is 10.4. The fourth-order valence-electron chi connectivity index (χ4n) is 1.73. The van der Waals surface area contributed by atoms with Crippen LogP contribution in [0.4, 0.5) is 13.2 Å². The van der Waals surface area contributed by atoms with E-state index in [1.807, 2.05) is 0 Å². The molecule has 0 bridgehead atoms. The molecule has 0 saturated heterocycles. The van der Waals surface area contributed by atoms with E-state index in [0.717, 1.165) is 18.2 Å². The maximum absolute atomic E-state index is 13.7. The Hall–Kier alpha value is -1.33. The van der Waals surface area contributed by atoms with Gasteiger partial charge in [0.05, 0.1) is 0 Å². The number of hydrogen-bond donors (Lipinski definition) is 0. The summed E-state index contributed by atoms with van der Waals surface area (Å²) in [4.78, 5) is 23.7. The molecular weight excluding hydrogens is 480 g/mol. The largest absolute Gasteiger partial charge is 2.00 e. The van der Waals surface area contributed by atoms with E-state index in [9.17, 15) is 22.8 Å². The van der Waals surface area contributed by atoms with Crippen molar-refractivity contribution < 1.29 is 34.2 Å². The van der Waals surface area contributed by atoms with Gasteiger partial charge in [0.15, 0.2) is 0 Å². The van der Waals surface area contributed by atoms with E-state index in [2.05, 4.69) is 6.07 Å². The van der Waals surface area contributed by atoms with Crippen LogP contribution in [0.1, 0.15) is 12.2 Å². The van der Waals surface area contributed by atoms with Gasteiger partial charge in [-0.3, -0.25) is 9.36 Å². The Morgan fingerprint density at radius 2 is 1.90 bits per heavy atom. The van der Waals surface area contributed by atoms with Gasteiger partial charge in [-0.1, -0.05) is 5.02 Å². The molecule has 0 unspecified atom stereocenters. The number of benzene rings is 1. The third-order valence-electron chi connectivity index (χ3n) is 2.61. The molecule has 9 heteroatoms. The standard InChI is InChI=1S/C12H7ClF3N2O2.W/c1-6-4-10(19)18(12(20)17(6)11(15)16)9-3-2-7(13)5-8(9)14;/h3-5,11H,1H3;/q-1;+2. The molecule has 0 fully saturated rings. The number of hydrogen-bond acceptors (Lipinski definition) is 2. The van der Waals surface area contributed by atoms with Crippen LogP contribution in [0, 0.1) is 18.8 Å². The SMILES string of the molecule is Cc1cc(=O)n(-c2c[c-]c(Cl)cc2F)c(=O)n1C(F)F.[W+2]. The fourth-order valence-corrected chi connectivity index (χ4v) is 1.88. The second-order valence-electron chi connectivity index (χ2n) is 3.90. The van der Waals surface area contributed by atoms with Crippen LogP contribution in [0.25, 0.3) is 5.69 Å². The molecule has 0 aliphatic rings. The Labute approximate surface area is 136 Å². The summed E-state index contributed by atoms with van der Waals surface area (Å²) in [6.07, 6.45) is 0. The van der Waals surface area contributed by atoms with Crippen LogP contribution in [-0.2, 0) is 21.1 Å². The van der Waals surface area contributed by atoms with Crippen molar-refractivity contribution in [3.05, 3.63) is 61.6 Å². The van der Waals surface area contributed by atoms with Crippen molar-refractivity contribution in [1.29, 1.82) is 0 Å². The molecule has 1 heterocycles. The normalized spacial score (nSPS) is 10.6. The Morgan fingerprint density at radius 3 is 2.43 bits per heavy atom. The summed E-state index contributed by atoms with van der Waals surface area (Å²) in [5.74, 6) is -0.988. The summed E-state index contributed by atoms with van der Waals surface area (Å²) in [5, 5.41) is -0.0689.